The first kappa shape index (κ1) is 24.3. The number of aromatic hydroxyl groups is 4. The molecule has 4 aromatic rings. The van der Waals surface area contributed by atoms with Crippen LogP contribution in [0.3, 0.4) is 0 Å². The van der Waals surface area contributed by atoms with E-state index in [-0.39, 0.29) is 56.8 Å². The molecule has 9 nitrogen and oxygen atoms in total. The summed E-state index contributed by atoms with van der Waals surface area (Å²) in [5, 5.41) is 41.5. The van der Waals surface area contributed by atoms with Crippen molar-refractivity contribution in [2.24, 2.45) is 0 Å². The Morgan fingerprint density at radius 2 is 1.47 bits per heavy atom. The molecule has 0 saturated carbocycles. The van der Waals surface area contributed by atoms with E-state index in [0.717, 1.165) is 6.07 Å². The second-order valence-corrected chi connectivity index (χ2v) is 7.88. The molecular formula is C27H24O9. The van der Waals surface area contributed by atoms with Gasteiger partial charge in [0.2, 0.25) is 5.75 Å². The van der Waals surface area contributed by atoms with Crippen LogP contribution in [0.25, 0.3) is 22.3 Å². The highest BCUT2D eigenvalue weighted by Gasteiger charge is 2.25. The maximum Gasteiger partial charge on any atom is 0.200 e. The number of benzene rings is 3. The topological polar surface area (TPSA) is 139 Å². The second kappa shape index (κ2) is 9.46. The van der Waals surface area contributed by atoms with E-state index in [0.29, 0.717) is 11.1 Å². The van der Waals surface area contributed by atoms with E-state index in [1.54, 1.807) is 12.1 Å². The molecule has 0 aliphatic rings. The van der Waals surface area contributed by atoms with Gasteiger partial charge < -0.3 is 39.1 Å². The van der Waals surface area contributed by atoms with E-state index < -0.39 is 17.1 Å². The standard InChI is InChI=1S/C27H24O9/c1-5-15(13-6-7-16(28)21(8-13)33-2)24-17(29)11-18(30)25-19(31)12-20(36-27(24)25)14-9-22(34-3)26(32)23(10-14)35-4/h5-12,15,28-30,32H,1H2,2-4H3. The Labute approximate surface area is 205 Å². The lowest BCUT2D eigenvalue weighted by Gasteiger charge is -2.19. The zero-order chi connectivity index (χ0) is 26.1. The minimum Gasteiger partial charge on any atom is -0.507 e. The molecule has 0 aliphatic carbocycles. The first-order valence-corrected chi connectivity index (χ1v) is 10.7. The summed E-state index contributed by atoms with van der Waals surface area (Å²) in [7, 11) is 4.13. The monoisotopic (exact) mass is 492 g/mol. The second-order valence-electron chi connectivity index (χ2n) is 7.88. The van der Waals surface area contributed by atoms with Gasteiger partial charge in [0.15, 0.2) is 28.4 Å². The van der Waals surface area contributed by atoms with Crippen molar-refractivity contribution in [2.45, 2.75) is 5.92 Å². The molecule has 0 saturated heterocycles. The third kappa shape index (κ3) is 4.00. The highest BCUT2D eigenvalue weighted by atomic mass is 16.5. The van der Waals surface area contributed by atoms with E-state index >= 15 is 0 Å². The van der Waals surface area contributed by atoms with Crippen LogP contribution in [0.2, 0.25) is 0 Å². The molecule has 4 rings (SSSR count). The van der Waals surface area contributed by atoms with Crippen LogP contribution < -0.4 is 19.6 Å². The molecule has 186 valence electrons. The predicted molar refractivity (Wildman–Crippen MR) is 133 cm³/mol. The SMILES string of the molecule is C=CC(c1ccc(O)c(OC)c1)c1c(O)cc(O)c2c(=O)cc(-c3cc(OC)c(O)c(OC)c3)oc12. The molecule has 1 aromatic heterocycles. The molecule has 3 aromatic carbocycles. The van der Waals surface area contributed by atoms with Crippen molar-refractivity contribution in [3.05, 3.63) is 76.5 Å². The van der Waals surface area contributed by atoms with Gasteiger partial charge >= 0.3 is 0 Å². The average molecular weight is 492 g/mol. The average Bonchev–Trinajstić information content (AvgIpc) is 2.86. The smallest absolute Gasteiger partial charge is 0.200 e. The maximum absolute atomic E-state index is 13.1. The van der Waals surface area contributed by atoms with Gasteiger partial charge in [0.25, 0.3) is 0 Å². The number of rotatable bonds is 7. The Bertz CT molecular complexity index is 1510. The zero-order valence-electron chi connectivity index (χ0n) is 19.7. The summed E-state index contributed by atoms with van der Waals surface area (Å²) in [6.45, 7) is 3.86. The van der Waals surface area contributed by atoms with Crippen LogP contribution in [0.15, 0.2) is 64.3 Å². The number of allylic oxidation sites excluding steroid dienone is 1. The van der Waals surface area contributed by atoms with Crippen molar-refractivity contribution in [3.8, 4) is 51.6 Å². The van der Waals surface area contributed by atoms with Gasteiger partial charge in [-0.2, -0.15) is 0 Å². The Kier molecular flexibility index (Phi) is 6.39. The van der Waals surface area contributed by atoms with Crippen molar-refractivity contribution >= 4 is 11.0 Å². The highest BCUT2D eigenvalue weighted by Crippen LogP contribution is 2.45. The van der Waals surface area contributed by atoms with E-state index in [4.69, 9.17) is 18.6 Å². The Balaban J connectivity index is 2.04. The molecule has 1 unspecified atom stereocenters. The van der Waals surface area contributed by atoms with Gasteiger partial charge in [0, 0.05) is 29.2 Å². The van der Waals surface area contributed by atoms with Gasteiger partial charge in [-0.05, 0) is 29.8 Å². The van der Waals surface area contributed by atoms with Gasteiger partial charge in [-0.15, -0.1) is 6.58 Å². The molecule has 4 N–H and O–H groups in total. The van der Waals surface area contributed by atoms with Crippen LogP contribution in [0.1, 0.15) is 17.0 Å². The number of ether oxygens (including phenoxy) is 3. The molecule has 1 atom stereocenters. The lowest BCUT2D eigenvalue weighted by atomic mass is 9.88. The first-order valence-electron chi connectivity index (χ1n) is 10.7. The third-order valence-corrected chi connectivity index (χ3v) is 5.87. The fraction of sp³-hybridized carbons (Fsp3) is 0.148. The van der Waals surface area contributed by atoms with Gasteiger partial charge in [0.1, 0.15) is 28.2 Å². The van der Waals surface area contributed by atoms with Crippen LogP contribution in [-0.4, -0.2) is 41.8 Å². The van der Waals surface area contributed by atoms with E-state index in [9.17, 15) is 25.2 Å². The summed E-state index contributed by atoms with van der Waals surface area (Å²) in [6.07, 6.45) is 1.52. The first-order chi connectivity index (χ1) is 17.2. The molecular weight excluding hydrogens is 468 g/mol. The van der Waals surface area contributed by atoms with E-state index in [2.05, 4.69) is 6.58 Å². The minimum atomic E-state index is -0.718. The summed E-state index contributed by atoms with van der Waals surface area (Å²) in [5.74, 6) is -1.36. The maximum atomic E-state index is 13.1. The van der Waals surface area contributed by atoms with Crippen LogP contribution in [0.5, 0.6) is 40.2 Å². The Morgan fingerprint density at radius 1 is 0.833 bits per heavy atom. The van der Waals surface area contributed by atoms with E-state index in [1.165, 1.54) is 51.7 Å². The van der Waals surface area contributed by atoms with Crippen LogP contribution in [0, 0.1) is 0 Å². The summed E-state index contributed by atoms with van der Waals surface area (Å²) < 4.78 is 21.7. The number of methoxy groups -OCH3 is 3. The molecule has 0 bridgehead atoms. The summed E-state index contributed by atoms with van der Waals surface area (Å²) in [6, 6.07) is 9.77. The molecule has 0 aliphatic heterocycles. The van der Waals surface area contributed by atoms with Gasteiger partial charge in [-0.1, -0.05) is 12.1 Å². The normalized spacial score (nSPS) is 11.8. The van der Waals surface area contributed by atoms with Gasteiger partial charge in [-0.3, -0.25) is 4.79 Å². The van der Waals surface area contributed by atoms with Crippen molar-refractivity contribution in [2.75, 3.05) is 21.3 Å². The lowest BCUT2D eigenvalue weighted by molar-refractivity contribution is 0.340. The molecule has 0 amide bonds. The molecule has 0 radical (unpaired) electrons. The Morgan fingerprint density at radius 3 is 2.06 bits per heavy atom. The number of hydrogen-bond acceptors (Lipinski definition) is 9. The van der Waals surface area contributed by atoms with Crippen molar-refractivity contribution in [3.63, 3.8) is 0 Å². The van der Waals surface area contributed by atoms with Crippen molar-refractivity contribution in [1.29, 1.82) is 0 Å². The summed E-state index contributed by atoms with van der Waals surface area (Å²) in [4.78, 5) is 13.1. The zero-order valence-corrected chi connectivity index (χ0v) is 19.7. The summed E-state index contributed by atoms with van der Waals surface area (Å²) >= 11 is 0. The number of hydrogen-bond donors (Lipinski definition) is 4. The third-order valence-electron chi connectivity index (χ3n) is 5.87. The molecule has 1 heterocycles. The lowest BCUT2D eigenvalue weighted by Crippen LogP contribution is -2.06. The fourth-order valence-corrected chi connectivity index (χ4v) is 4.11. The van der Waals surface area contributed by atoms with Gasteiger partial charge in [-0.25, -0.2) is 0 Å². The fourth-order valence-electron chi connectivity index (χ4n) is 4.11. The van der Waals surface area contributed by atoms with Crippen molar-refractivity contribution in [1.82, 2.24) is 0 Å². The highest BCUT2D eigenvalue weighted by molar-refractivity contribution is 5.90. The summed E-state index contributed by atoms with van der Waals surface area (Å²) in [5.41, 5.74) is 0.445. The molecule has 9 heteroatoms. The molecule has 36 heavy (non-hydrogen) atoms. The molecule has 0 fully saturated rings. The predicted octanol–water partition coefficient (Wildman–Crippen LogP) is 4.63. The minimum absolute atomic E-state index is 0.0708. The van der Waals surface area contributed by atoms with Gasteiger partial charge in [0.05, 0.1) is 21.3 Å². The Hall–Kier alpha value is -4.79. The number of phenols is 4. The largest absolute Gasteiger partial charge is 0.507 e. The van der Waals surface area contributed by atoms with Crippen molar-refractivity contribution < 1.29 is 39.1 Å². The number of fused-ring (bicyclic) bond motifs is 1. The van der Waals surface area contributed by atoms with Crippen LogP contribution in [-0.2, 0) is 0 Å². The van der Waals surface area contributed by atoms with Crippen LogP contribution in [0.4, 0.5) is 0 Å². The molecule has 0 spiro atoms. The van der Waals surface area contributed by atoms with Crippen LogP contribution >= 0.6 is 0 Å². The quantitative estimate of drug-likeness (QED) is 0.272. The van der Waals surface area contributed by atoms with E-state index in [1.807, 2.05) is 0 Å². The number of phenolic OH excluding ortho intramolecular Hbond substituents is 4.